The van der Waals surface area contributed by atoms with Crippen LogP contribution in [0.2, 0.25) is 0 Å². The molecule has 2 heterocycles. The van der Waals surface area contributed by atoms with E-state index in [1.54, 1.807) is 6.07 Å². The molecule has 1 atom stereocenters. The van der Waals surface area contributed by atoms with Gasteiger partial charge in [0.05, 0.1) is 11.9 Å². The lowest BCUT2D eigenvalue weighted by molar-refractivity contribution is 0.470. The molecule has 0 aromatic carbocycles. The number of aryl methyl sites for hydroxylation is 1. The zero-order chi connectivity index (χ0) is 11.7. The molecule has 2 aromatic heterocycles. The highest BCUT2D eigenvalue weighted by molar-refractivity contribution is 5.36. The van der Waals surface area contributed by atoms with Gasteiger partial charge in [-0.1, -0.05) is 6.07 Å². The second kappa shape index (κ2) is 4.17. The molecule has 1 aliphatic rings. The Kier molecular flexibility index (Phi) is 2.52. The summed E-state index contributed by atoms with van der Waals surface area (Å²) in [6.45, 7) is 0. The lowest BCUT2D eigenvalue weighted by Crippen LogP contribution is -2.12. The molecular weight excluding hydrogens is 212 g/mol. The first-order valence-electron chi connectivity index (χ1n) is 5.92. The van der Waals surface area contributed by atoms with Crippen molar-refractivity contribution >= 4 is 0 Å². The van der Waals surface area contributed by atoms with Gasteiger partial charge in [-0.3, -0.25) is 9.97 Å². The summed E-state index contributed by atoms with van der Waals surface area (Å²) in [6.07, 6.45) is 8.48. The Morgan fingerprint density at radius 3 is 3.12 bits per heavy atom. The Labute approximate surface area is 100 Å². The fraction of sp³-hybridized carbons (Fsp3) is 0.286. The number of fused-ring (bicyclic) bond motifs is 1. The molecule has 2 aromatic rings. The number of aromatic nitrogens is 2. The van der Waals surface area contributed by atoms with Gasteiger partial charge in [0.1, 0.15) is 5.75 Å². The van der Waals surface area contributed by atoms with Crippen LogP contribution in [0.5, 0.6) is 5.75 Å². The Morgan fingerprint density at radius 2 is 2.24 bits per heavy atom. The molecule has 86 valence electrons. The van der Waals surface area contributed by atoms with Crippen LogP contribution in [0.3, 0.4) is 0 Å². The van der Waals surface area contributed by atoms with Crippen LogP contribution in [-0.2, 0) is 6.42 Å². The Morgan fingerprint density at radius 1 is 1.29 bits per heavy atom. The van der Waals surface area contributed by atoms with Crippen molar-refractivity contribution in [2.24, 2.45) is 0 Å². The summed E-state index contributed by atoms with van der Waals surface area (Å²) in [5, 5.41) is 9.51. The predicted octanol–water partition coefficient (Wildman–Crippen LogP) is 2.65. The average Bonchev–Trinajstić information content (AvgIpc) is 2.38. The third kappa shape index (κ3) is 1.88. The van der Waals surface area contributed by atoms with Gasteiger partial charge in [0, 0.05) is 18.3 Å². The van der Waals surface area contributed by atoms with E-state index < -0.39 is 0 Å². The van der Waals surface area contributed by atoms with E-state index in [0.717, 1.165) is 24.1 Å². The van der Waals surface area contributed by atoms with Gasteiger partial charge in [0.2, 0.25) is 0 Å². The largest absolute Gasteiger partial charge is 0.506 e. The van der Waals surface area contributed by atoms with Crippen LogP contribution in [0.25, 0.3) is 0 Å². The van der Waals surface area contributed by atoms with Gasteiger partial charge >= 0.3 is 0 Å². The van der Waals surface area contributed by atoms with Crippen molar-refractivity contribution in [1.82, 2.24) is 9.97 Å². The van der Waals surface area contributed by atoms with E-state index in [9.17, 15) is 5.11 Å². The Bertz CT molecular complexity index is 539. The lowest BCUT2D eigenvalue weighted by Gasteiger charge is -2.24. The van der Waals surface area contributed by atoms with Crippen molar-refractivity contribution < 1.29 is 5.11 Å². The van der Waals surface area contributed by atoms with Gasteiger partial charge in [-0.05, 0) is 42.5 Å². The summed E-state index contributed by atoms with van der Waals surface area (Å²) in [5.41, 5.74) is 3.53. The second-order valence-corrected chi connectivity index (χ2v) is 4.47. The molecule has 3 nitrogen and oxygen atoms in total. The van der Waals surface area contributed by atoms with Crippen LogP contribution in [0.1, 0.15) is 35.6 Å². The molecule has 0 fully saturated rings. The second-order valence-electron chi connectivity index (χ2n) is 4.47. The first kappa shape index (κ1) is 10.3. The maximum Gasteiger partial charge on any atom is 0.134 e. The van der Waals surface area contributed by atoms with Crippen LogP contribution < -0.4 is 0 Å². The molecule has 0 saturated carbocycles. The van der Waals surface area contributed by atoms with Crippen LogP contribution in [-0.4, -0.2) is 15.1 Å². The number of hydrogen-bond donors (Lipinski definition) is 1. The maximum atomic E-state index is 9.51. The Hall–Kier alpha value is -1.90. The summed E-state index contributed by atoms with van der Waals surface area (Å²) in [4.78, 5) is 8.55. The molecule has 0 bridgehead atoms. The third-order valence-electron chi connectivity index (χ3n) is 3.34. The van der Waals surface area contributed by atoms with Crippen LogP contribution in [0, 0.1) is 0 Å². The van der Waals surface area contributed by atoms with Crippen molar-refractivity contribution in [3.8, 4) is 5.75 Å². The molecule has 1 aliphatic carbocycles. The molecule has 0 spiro atoms. The monoisotopic (exact) mass is 226 g/mol. The smallest absolute Gasteiger partial charge is 0.134 e. The van der Waals surface area contributed by atoms with E-state index in [-0.39, 0.29) is 11.7 Å². The minimum atomic E-state index is 0.227. The third-order valence-corrected chi connectivity index (χ3v) is 3.34. The first-order valence-corrected chi connectivity index (χ1v) is 5.92. The molecule has 3 rings (SSSR count). The lowest BCUT2D eigenvalue weighted by atomic mass is 9.83. The maximum absolute atomic E-state index is 9.51. The summed E-state index contributed by atoms with van der Waals surface area (Å²) >= 11 is 0. The normalized spacial score (nSPS) is 18.7. The van der Waals surface area contributed by atoms with E-state index in [4.69, 9.17) is 0 Å². The first-order chi connectivity index (χ1) is 8.34. The van der Waals surface area contributed by atoms with Gasteiger partial charge in [0.15, 0.2) is 0 Å². The fourth-order valence-electron chi connectivity index (χ4n) is 2.57. The molecular formula is C14H14N2O. The van der Waals surface area contributed by atoms with Crippen LogP contribution in [0.15, 0.2) is 36.8 Å². The molecule has 0 saturated heterocycles. The van der Waals surface area contributed by atoms with Crippen molar-refractivity contribution in [2.45, 2.75) is 25.2 Å². The number of rotatable bonds is 1. The molecule has 0 radical (unpaired) electrons. The highest BCUT2D eigenvalue weighted by Gasteiger charge is 2.23. The standard InChI is InChI=1S/C14H14N2O/c17-12-7-11(8-15-9-12)13-5-1-3-10-4-2-6-16-14(10)13/h2,4,6-9,13,17H,1,3,5H2. The minimum Gasteiger partial charge on any atom is -0.506 e. The van der Waals surface area contributed by atoms with Crippen molar-refractivity contribution in [1.29, 1.82) is 0 Å². The van der Waals surface area contributed by atoms with Crippen molar-refractivity contribution in [3.05, 3.63) is 53.6 Å². The topological polar surface area (TPSA) is 46.0 Å². The van der Waals surface area contributed by atoms with Crippen LogP contribution >= 0.6 is 0 Å². The highest BCUT2D eigenvalue weighted by atomic mass is 16.3. The SMILES string of the molecule is Oc1cncc(C2CCCc3cccnc32)c1. The minimum absolute atomic E-state index is 0.227. The number of pyridine rings is 2. The van der Waals surface area contributed by atoms with Gasteiger partial charge in [-0.25, -0.2) is 0 Å². The quantitative estimate of drug-likeness (QED) is 0.813. The van der Waals surface area contributed by atoms with Crippen LogP contribution in [0.4, 0.5) is 0 Å². The number of nitrogens with zero attached hydrogens (tertiary/aromatic N) is 2. The highest BCUT2D eigenvalue weighted by Crippen LogP contribution is 2.35. The predicted molar refractivity (Wildman–Crippen MR) is 64.9 cm³/mol. The van der Waals surface area contributed by atoms with Gasteiger partial charge in [0.25, 0.3) is 0 Å². The molecule has 3 heteroatoms. The summed E-state index contributed by atoms with van der Waals surface area (Å²) < 4.78 is 0. The van der Waals surface area contributed by atoms with Crippen molar-refractivity contribution in [2.75, 3.05) is 0 Å². The number of hydrogen-bond acceptors (Lipinski definition) is 3. The molecule has 0 amide bonds. The average molecular weight is 226 g/mol. The number of aromatic hydroxyl groups is 1. The van der Waals surface area contributed by atoms with E-state index in [0.29, 0.717) is 0 Å². The van der Waals surface area contributed by atoms with E-state index in [2.05, 4.69) is 16.0 Å². The van der Waals surface area contributed by atoms with Gasteiger partial charge in [-0.15, -0.1) is 0 Å². The Balaban J connectivity index is 2.06. The molecule has 1 N–H and O–H groups in total. The fourth-order valence-corrected chi connectivity index (χ4v) is 2.57. The zero-order valence-electron chi connectivity index (χ0n) is 9.50. The van der Waals surface area contributed by atoms with E-state index >= 15 is 0 Å². The summed E-state index contributed by atoms with van der Waals surface area (Å²) in [7, 11) is 0. The molecule has 1 unspecified atom stereocenters. The van der Waals surface area contributed by atoms with Crippen molar-refractivity contribution in [3.63, 3.8) is 0 Å². The van der Waals surface area contributed by atoms with E-state index in [1.165, 1.54) is 18.2 Å². The zero-order valence-corrected chi connectivity index (χ0v) is 9.50. The molecule has 0 aliphatic heterocycles. The van der Waals surface area contributed by atoms with Gasteiger partial charge in [-0.2, -0.15) is 0 Å². The van der Waals surface area contributed by atoms with Gasteiger partial charge < -0.3 is 5.11 Å². The molecule has 17 heavy (non-hydrogen) atoms. The summed E-state index contributed by atoms with van der Waals surface area (Å²) in [5.74, 6) is 0.505. The van der Waals surface area contributed by atoms with E-state index in [1.807, 2.05) is 18.5 Å². The summed E-state index contributed by atoms with van der Waals surface area (Å²) in [6, 6.07) is 5.92.